The maximum atomic E-state index is 12.5. The van der Waals surface area contributed by atoms with E-state index in [0.717, 1.165) is 31.2 Å². The zero-order valence-corrected chi connectivity index (χ0v) is 15.6. The first-order valence-corrected chi connectivity index (χ1v) is 10.6. The maximum absolute atomic E-state index is 12.5. The van der Waals surface area contributed by atoms with E-state index in [-0.39, 0.29) is 0 Å². The highest BCUT2D eigenvalue weighted by Crippen LogP contribution is 2.21. The SMILES string of the molecule is O=C(NCCc1ccc(S(=O)(=O)N2CCCC2)cc1)C(=O)N1CCCC1. The van der Waals surface area contributed by atoms with Gasteiger partial charge in [-0.1, -0.05) is 12.1 Å². The predicted molar refractivity (Wildman–Crippen MR) is 97.0 cm³/mol. The summed E-state index contributed by atoms with van der Waals surface area (Å²) in [5.74, 6) is -1.03. The van der Waals surface area contributed by atoms with Crippen LogP contribution >= 0.6 is 0 Å². The molecule has 142 valence electrons. The molecule has 0 atom stereocenters. The third-order valence-corrected chi connectivity index (χ3v) is 6.83. The van der Waals surface area contributed by atoms with Crippen LogP contribution in [-0.2, 0) is 26.0 Å². The molecule has 2 aliphatic heterocycles. The van der Waals surface area contributed by atoms with Gasteiger partial charge in [-0.2, -0.15) is 4.31 Å². The van der Waals surface area contributed by atoms with Crippen LogP contribution in [0.3, 0.4) is 0 Å². The standard InChI is InChI=1S/C18H25N3O4S/c22-17(18(23)20-11-1-2-12-20)19-10-9-15-5-7-16(8-6-15)26(24,25)21-13-3-4-14-21/h5-8H,1-4,9-14H2,(H,19,22). The first-order chi connectivity index (χ1) is 12.5. The molecular formula is C18H25N3O4S. The van der Waals surface area contributed by atoms with E-state index in [0.29, 0.717) is 44.0 Å². The Kier molecular flexibility index (Phi) is 5.93. The van der Waals surface area contributed by atoms with Crippen molar-refractivity contribution in [2.45, 2.75) is 37.0 Å². The highest BCUT2D eigenvalue weighted by atomic mass is 32.2. The fraction of sp³-hybridized carbons (Fsp3) is 0.556. The van der Waals surface area contributed by atoms with Gasteiger partial charge in [0.05, 0.1) is 4.90 Å². The van der Waals surface area contributed by atoms with Gasteiger partial charge in [0, 0.05) is 32.7 Å². The van der Waals surface area contributed by atoms with E-state index < -0.39 is 21.8 Å². The molecule has 1 aromatic rings. The fourth-order valence-corrected chi connectivity index (χ4v) is 4.88. The summed E-state index contributed by atoms with van der Waals surface area (Å²) in [6.07, 6.45) is 4.26. The van der Waals surface area contributed by atoms with Crippen molar-refractivity contribution in [3.8, 4) is 0 Å². The summed E-state index contributed by atoms with van der Waals surface area (Å²) in [6, 6.07) is 6.75. The number of nitrogens with zero attached hydrogens (tertiary/aromatic N) is 2. The molecule has 1 aromatic carbocycles. The van der Waals surface area contributed by atoms with E-state index in [1.807, 2.05) is 0 Å². The van der Waals surface area contributed by atoms with Crippen LogP contribution in [0.2, 0.25) is 0 Å². The summed E-state index contributed by atoms with van der Waals surface area (Å²) >= 11 is 0. The summed E-state index contributed by atoms with van der Waals surface area (Å²) in [5, 5.41) is 2.64. The Morgan fingerprint density at radius 1 is 0.923 bits per heavy atom. The number of benzene rings is 1. The lowest BCUT2D eigenvalue weighted by molar-refractivity contribution is -0.145. The van der Waals surface area contributed by atoms with Gasteiger partial charge < -0.3 is 10.2 Å². The Morgan fingerprint density at radius 2 is 1.50 bits per heavy atom. The topological polar surface area (TPSA) is 86.8 Å². The number of carbonyl (C=O) groups excluding carboxylic acids is 2. The lowest BCUT2D eigenvalue weighted by Gasteiger charge is -2.16. The number of rotatable bonds is 5. The van der Waals surface area contributed by atoms with Crippen molar-refractivity contribution < 1.29 is 18.0 Å². The molecule has 2 fully saturated rings. The van der Waals surface area contributed by atoms with Gasteiger partial charge in [-0.25, -0.2) is 8.42 Å². The van der Waals surface area contributed by atoms with E-state index in [4.69, 9.17) is 0 Å². The van der Waals surface area contributed by atoms with Gasteiger partial charge in [-0.15, -0.1) is 0 Å². The first-order valence-electron chi connectivity index (χ1n) is 9.15. The van der Waals surface area contributed by atoms with Crippen molar-refractivity contribution in [2.24, 2.45) is 0 Å². The van der Waals surface area contributed by atoms with Crippen LogP contribution in [0.15, 0.2) is 29.2 Å². The summed E-state index contributed by atoms with van der Waals surface area (Å²) < 4.78 is 26.5. The van der Waals surface area contributed by atoms with E-state index in [1.165, 1.54) is 4.31 Å². The average molecular weight is 379 g/mol. The number of carbonyl (C=O) groups is 2. The molecular weight excluding hydrogens is 354 g/mol. The molecule has 0 spiro atoms. The summed E-state index contributed by atoms with van der Waals surface area (Å²) in [7, 11) is -3.40. The van der Waals surface area contributed by atoms with Crippen LogP contribution in [0, 0.1) is 0 Å². The van der Waals surface area contributed by atoms with E-state index >= 15 is 0 Å². The van der Waals surface area contributed by atoms with E-state index in [1.54, 1.807) is 29.2 Å². The fourth-order valence-electron chi connectivity index (χ4n) is 3.37. The van der Waals surface area contributed by atoms with Crippen molar-refractivity contribution >= 4 is 21.8 Å². The zero-order valence-electron chi connectivity index (χ0n) is 14.8. The van der Waals surface area contributed by atoms with Gasteiger partial charge in [0.1, 0.15) is 0 Å². The Morgan fingerprint density at radius 3 is 2.12 bits per heavy atom. The number of likely N-dealkylation sites (tertiary alicyclic amines) is 1. The van der Waals surface area contributed by atoms with Crippen LogP contribution in [0.1, 0.15) is 31.2 Å². The second-order valence-electron chi connectivity index (χ2n) is 6.76. The molecule has 0 radical (unpaired) electrons. The number of sulfonamides is 1. The first kappa shape index (κ1) is 18.8. The number of nitrogens with one attached hydrogen (secondary N) is 1. The quantitative estimate of drug-likeness (QED) is 0.765. The van der Waals surface area contributed by atoms with Crippen LogP contribution in [0.5, 0.6) is 0 Å². The van der Waals surface area contributed by atoms with Crippen LogP contribution in [0.4, 0.5) is 0 Å². The Balaban J connectivity index is 1.50. The highest BCUT2D eigenvalue weighted by molar-refractivity contribution is 7.89. The van der Waals surface area contributed by atoms with Crippen LogP contribution < -0.4 is 5.32 Å². The molecule has 2 amide bonds. The minimum absolute atomic E-state index is 0.302. The molecule has 0 aromatic heterocycles. The molecule has 0 saturated carbocycles. The summed E-state index contributed by atoms with van der Waals surface area (Å²) in [6.45, 7) is 2.82. The summed E-state index contributed by atoms with van der Waals surface area (Å²) in [5.41, 5.74) is 0.916. The number of hydrogen-bond donors (Lipinski definition) is 1. The van der Waals surface area contributed by atoms with Crippen molar-refractivity contribution in [2.75, 3.05) is 32.7 Å². The molecule has 0 unspecified atom stereocenters. The lowest BCUT2D eigenvalue weighted by atomic mass is 10.1. The van der Waals surface area contributed by atoms with Gasteiger partial charge in [0.2, 0.25) is 10.0 Å². The van der Waals surface area contributed by atoms with E-state index in [2.05, 4.69) is 5.32 Å². The van der Waals surface area contributed by atoms with Crippen LogP contribution in [0.25, 0.3) is 0 Å². The third kappa shape index (κ3) is 4.24. The van der Waals surface area contributed by atoms with Gasteiger partial charge >= 0.3 is 11.8 Å². The second kappa shape index (κ2) is 8.18. The zero-order chi connectivity index (χ0) is 18.6. The monoisotopic (exact) mass is 379 g/mol. The van der Waals surface area contributed by atoms with Crippen molar-refractivity contribution in [3.63, 3.8) is 0 Å². The Bertz CT molecular complexity index is 749. The van der Waals surface area contributed by atoms with Crippen molar-refractivity contribution in [1.82, 2.24) is 14.5 Å². The smallest absolute Gasteiger partial charge is 0.311 e. The van der Waals surface area contributed by atoms with E-state index in [9.17, 15) is 18.0 Å². The second-order valence-corrected chi connectivity index (χ2v) is 8.70. The number of hydrogen-bond acceptors (Lipinski definition) is 4. The van der Waals surface area contributed by atoms with Gasteiger partial charge in [-0.3, -0.25) is 9.59 Å². The van der Waals surface area contributed by atoms with Gasteiger partial charge in [0.25, 0.3) is 0 Å². The Labute approximate surface area is 154 Å². The summed E-state index contributed by atoms with van der Waals surface area (Å²) in [4.78, 5) is 25.7. The normalized spacial score (nSPS) is 18.2. The molecule has 8 heteroatoms. The number of amides is 2. The third-order valence-electron chi connectivity index (χ3n) is 4.91. The minimum atomic E-state index is -3.40. The molecule has 2 aliphatic rings. The molecule has 0 aliphatic carbocycles. The van der Waals surface area contributed by atoms with Crippen molar-refractivity contribution in [1.29, 1.82) is 0 Å². The molecule has 2 saturated heterocycles. The highest BCUT2D eigenvalue weighted by Gasteiger charge is 2.27. The molecule has 2 heterocycles. The Hall–Kier alpha value is -1.93. The van der Waals surface area contributed by atoms with Gasteiger partial charge in [-0.05, 0) is 49.8 Å². The average Bonchev–Trinajstić information content (AvgIpc) is 3.35. The largest absolute Gasteiger partial charge is 0.347 e. The minimum Gasteiger partial charge on any atom is -0.347 e. The predicted octanol–water partition coefficient (Wildman–Crippen LogP) is 0.752. The molecule has 0 bridgehead atoms. The maximum Gasteiger partial charge on any atom is 0.311 e. The molecule has 7 nitrogen and oxygen atoms in total. The van der Waals surface area contributed by atoms with Gasteiger partial charge in [0.15, 0.2) is 0 Å². The van der Waals surface area contributed by atoms with Crippen LogP contribution in [-0.4, -0.2) is 62.2 Å². The molecule has 26 heavy (non-hydrogen) atoms. The molecule has 3 rings (SSSR count). The van der Waals surface area contributed by atoms with Crippen molar-refractivity contribution in [3.05, 3.63) is 29.8 Å². The lowest BCUT2D eigenvalue weighted by Crippen LogP contribution is -2.42. The molecule has 1 N–H and O–H groups in total.